The molecular weight excluding hydrogens is 375 g/mol. The van der Waals surface area contributed by atoms with Crippen LogP contribution in [0.2, 0.25) is 0 Å². The molecule has 0 bridgehead atoms. The van der Waals surface area contributed by atoms with Crippen LogP contribution in [0.5, 0.6) is 5.75 Å². The van der Waals surface area contributed by atoms with Gasteiger partial charge in [0.2, 0.25) is 0 Å². The summed E-state index contributed by atoms with van der Waals surface area (Å²) in [7, 11) is 2.14. The van der Waals surface area contributed by atoms with Crippen molar-refractivity contribution in [2.24, 2.45) is 0 Å². The maximum Gasteiger partial charge on any atom is 0.319 e. The van der Waals surface area contributed by atoms with Crippen LogP contribution in [-0.2, 0) is 0 Å². The van der Waals surface area contributed by atoms with Crippen LogP contribution in [0.15, 0.2) is 24.3 Å². The third-order valence-corrected chi connectivity index (χ3v) is 4.75. The van der Waals surface area contributed by atoms with E-state index in [1.54, 1.807) is 0 Å². The van der Waals surface area contributed by atoms with Gasteiger partial charge in [-0.1, -0.05) is 0 Å². The van der Waals surface area contributed by atoms with Crippen LogP contribution in [0.25, 0.3) is 0 Å². The molecule has 2 aliphatic rings. The van der Waals surface area contributed by atoms with Crippen LogP contribution in [0.1, 0.15) is 25.7 Å². The zero-order valence-electron chi connectivity index (χ0n) is 15.2. The van der Waals surface area contributed by atoms with Gasteiger partial charge in [-0.15, -0.1) is 24.8 Å². The quantitative estimate of drug-likeness (QED) is 0.705. The third kappa shape index (κ3) is 7.19. The number of hydrogen-bond donors (Lipinski definition) is 3. The van der Waals surface area contributed by atoms with Crippen molar-refractivity contribution >= 4 is 36.5 Å². The van der Waals surface area contributed by atoms with E-state index in [4.69, 9.17) is 4.74 Å². The summed E-state index contributed by atoms with van der Waals surface area (Å²) in [6, 6.07) is 7.86. The van der Waals surface area contributed by atoms with Gasteiger partial charge in [-0.25, -0.2) is 4.79 Å². The van der Waals surface area contributed by atoms with Crippen molar-refractivity contribution in [1.82, 2.24) is 15.5 Å². The molecule has 6 nitrogen and oxygen atoms in total. The summed E-state index contributed by atoms with van der Waals surface area (Å²) >= 11 is 0. The number of hydrogen-bond acceptors (Lipinski definition) is 4. The van der Waals surface area contributed by atoms with Gasteiger partial charge in [0.15, 0.2) is 0 Å². The van der Waals surface area contributed by atoms with Crippen LogP contribution in [0.4, 0.5) is 10.5 Å². The first-order chi connectivity index (χ1) is 11.7. The molecule has 0 unspecified atom stereocenters. The van der Waals surface area contributed by atoms with Crippen molar-refractivity contribution in [1.29, 1.82) is 0 Å². The number of carbonyl (C=O) groups excluding carboxylic acids is 1. The number of rotatable bonds is 5. The zero-order valence-corrected chi connectivity index (χ0v) is 16.8. The van der Waals surface area contributed by atoms with Gasteiger partial charge in [0.1, 0.15) is 11.9 Å². The Morgan fingerprint density at radius 1 is 1.19 bits per heavy atom. The Morgan fingerprint density at radius 3 is 2.50 bits per heavy atom. The molecule has 1 aromatic carbocycles. The number of nitrogens with zero attached hydrogens (tertiary/aromatic N) is 1. The minimum absolute atomic E-state index is 0. The van der Waals surface area contributed by atoms with Gasteiger partial charge in [0.25, 0.3) is 0 Å². The summed E-state index contributed by atoms with van der Waals surface area (Å²) in [6.45, 7) is 3.89. The molecule has 3 rings (SSSR count). The Labute approximate surface area is 168 Å². The fraction of sp³-hybridized carbons (Fsp3) is 0.611. The van der Waals surface area contributed by atoms with E-state index in [0.29, 0.717) is 18.7 Å². The second-order valence-corrected chi connectivity index (χ2v) is 6.77. The standard InChI is InChI=1S/C18H28N4O2.2ClH/c1-22-11-8-17(9-12-22)24-16-6-4-14(5-7-16)21-18(23)20-13-15-3-2-10-19-15;;/h4-7,15,17,19H,2-3,8-13H2,1H3,(H2,20,21,23);2*1H/t15-;;/m0../s1. The van der Waals surface area contributed by atoms with Gasteiger partial charge in [-0.2, -0.15) is 0 Å². The van der Waals surface area contributed by atoms with Crippen LogP contribution in [0, 0.1) is 0 Å². The van der Waals surface area contributed by atoms with E-state index in [2.05, 4.69) is 27.9 Å². The average Bonchev–Trinajstić information content (AvgIpc) is 3.10. The minimum atomic E-state index is -0.160. The predicted molar refractivity (Wildman–Crippen MR) is 110 cm³/mol. The van der Waals surface area contributed by atoms with Crippen LogP contribution < -0.4 is 20.7 Å². The number of benzene rings is 1. The van der Waals surface area contributed by atoms with Crippen molar-refractivity contribution < 1.29 is 9.53 Å². The minimum Gasteiger partial charge on any atom is -0.490 e. The molecule has 8 heteroatoms. The lowest BCUT2D eigenvalue weighted by molar-refractivity contribution is 0.114. The number of likely N-dealkylation sites (tertiary alicyclic amines) is 1. The van der Waals surface area contributed by atoms with Crippen LogP contribution >= 0.6 is 24.8 Å². The first kappa shape index (κ1) is 22.8. The molecule has 1 atom stereocenters. The molecular formula is C18H30Cl2N4O2. The Bertz CT molecular complexity index is 530. The molecule has 2 aliphatic heterocycles. The summed E-state index contributed by atoms with van der Waals surface area (Å²) in [4.78, 5) is 14.2. The maximum absolute atomic E-state index is 11.9. The summed E-state index contributed by atoms with van der Waals surface area (Å²) < 4.78 is 6.02. The Hall–Kier alpha value is -1.21. The number of amides is 2. The lowest BCUT2D eigenvalue weighted by Gasteiger charge is -2.29. The molecule has 2 saturated heterocycles. The van der Waals surface area contributed by atoms with Gasteiger partial charge >= 0.3 is 6.03 Å². The van der Waals surface area contributed by atoms with Gasteiger partial charge in [-0.3, -0.25) is 0 Å². The predicted octanol–water partition coefficient (Wildman–Crippen LogP) is 2.88. The second kappa shape index (κ2) is 11.5. The van der Waals surface area contributed by atoms with E-state index in [1.165, 1.54) is 6.42 Å². The molecule has 2 amide bonds. The first-order valence-corrected chi connectivity index (χ1v) is 8.92. The highest BCUT2D eigenvalue weighted by molar-refractivity contribution is 5.89. The number of anilines is 1. The topological polar surface area (TPSA) is 65.6 Å². The van der Waals surface area contributed by atoms with Gasteiger partial charge in [0, 0.05) is 31.4 Å². The Kier molecular flexibility index (Phi) is 10.1. The van der Waals surface area contributed by atoms with Crippen LogP contribution in [0.3, 0.4) is 0 Å². The number of halogens is 2. The largest absolute Gasteiger partial charge is 0.490 e. The molecule has 2 fully saturated rings. The molecule has 0 aromatic heterocycles. The molecule has 1 aromatic rings. The number of carbonyl (C=O) groups is 1. The van der Waals surface area contributed by atoms with Gasteiger partial charge in [0.05, 0.1) is 0 Å². The number of nitrogens with one attached hydrogen (secondary N) is 3. The van der Waals surface area contributed by atoms with E-state index in [9.17, 15) is 4.79 Å². The highest BCUT2D eigenvalue weighted by Gasteiger charge is 2.18. The lowest BCUT2D eigenvalue weighted by Crippen LogP contribution is -2.39. The summed E-state index contributed by atoms with van der Waals surface area (Å²) in [5, 5.41) is 9.13. The Morgan fingerprint density at radius 2 is 1.88 bits per heavy atom. The smallest absolute Gasteiger partial charge is 0.319 e. The fourth-order valence-electron chi connectivity index (χ4n) is 3.23. The van der Waals surface area contributed by atoms with E-state index >= 15 is 0 Å². The second-order valence-electron chi connectivity index (χ2n) is 6.77. The highest BCUT2D eigenvalue weighted by atomic mass is 35.5. The lowest BCUT2D eigenvalue weighted by atomic mass is 10.1. The number of urea groups is 1. The van der Waals surface area contributed by atoms with Gasteiger partial charge < -0.3 is 25.6 Å². The summed E-state index contributed by atoms with van der Waals surface area (Å²) in [5.41, 5.74) is 0.780. The molecule has 0 spiro atoms. The zero-order chi connectivity index (χ0) is 16.8. The van der Waals surface area contributed by atoms with Gasteiger partial charge in [-0.05, 0) is 63.5 Å². The molecule has 2 heterocycles. The SMILES string of the molecule is CN1CCC(Oc2ccc(NC(=O)NC[C@@H]3CCCN3)cc2)CC1.Cl.Cl. The molecule has 148 valence electrons. The van der Waals surface area contributed by atoms with E-state index in [0.717, 1.165) is 50.3 Å². The maximum atomic E-state index is 11.9. The molecule has 26 heavy (non-hydrogen) atoms. The monoisotopic (exact) mass is 404 g/mol. The van der Waals surface area contributed by atoms with E-state index in [1.807, 2.05) is 24.3 Å². The van der Waals surface area contributed by atoms with Crippen molar-refractivity contribution in [2.45, 2.75) is 37.8 Å². The molecule has 0 saturated carbocycles. The van der Waals surface area contributed by atoms with Crippen molar-refractivity contribution in [3.05, 3.63) is 24.3 Å². The highest BCUT2D eigenvalue weighted by Crippen LogP contribution is 2.20. The molecule has 3 N–H and O–H groups in total. The average molecular weight is 405 g/mol. The van der Waals surface area contributed by atoms with Crippen molar-refractivity contribution in [3.63, 3.8) is 0 Å². The van der Waals surface area contributed by atoms with E-state index < -0.39 is 0 Å². The number of ether oxygens (including phenoxy) is 1. The molecule has 0 aliphatic carbocycles. The van der Waals surface area contributed by atoms with Crippen molar-refractivity contribution in [2.75, 3.05) is 38.5 Å². The first-order valence-electron chi connectivity index (χ1n) is 8.92. The van der Waals surface area contributed by atoms with E-state index in [-0.39, 0.29) is 30.8 Å². The molecule has 0 radical (unpaired) electrons. The van der Waals surface area contributed by atoms with Crippen LogP contribution in [-0.4, -0.2) is 56.3 Å². The summed E-state index contributed by atoms with van der Waals surface area (Å²) in [6.07, 6.45) is 4.74. The number of piperidine rings is 1. The Balaban J connectivity index is 0.00000169. The summed E-state index contributed by atoms with van der Waals surface area (Å²) in [5.74, 6) is 0.866. The third-order valence-electron chi connectivity index (χ3n) is 4.75. The van der Waals surface area contributed by atoms with Crippen molar-refractivity contribution in [3.8, 4) is 5.75 Å². The fourth-order valence-corrected chi connectivity index (χ4v) is 3.23. The normalized spacial score (nSPS) is 20.6.